The van der Waals surface area contributed by atoms with Crippen LogP contribution in [-0.4, -0.2) is 6.54 Å². The molecule has 82 valence electrons. The predicted octanol–water partition coefficient (Wildman–Crippen LogP) is 2.52. The Morgan fingerprint density at radius 3 is 2.13 bits per heavy atom. The summed E-state index contributed by atoms with van der Waals surface area (Å²) in [6.45, 7) is 7.88. The van der Waals surface area contributed by atoms with E-state index in [1.807, 2.05) is 6.08 Å². The summed E-state index contributed by atoms with van der Waals surface area (Å²) in [5.41, 5.74) is 1.32. The molecule has 1 nitrogen and oxygen atoms in total. The van der Waals surface area contributed by atoms with E-state index in [1.54, 1.807) is 6.08 Å². The summed E-state index contributed by atoms with van der Waals surface area (Å²) in [7, 11) is 2.66. The van der Waals surface area contributed by atoms with E-state index in [1.165, 1.54) is 10.9 Å². The smallest absolute Gasteiger partial charge is 0.0234 e. The van der Waals surface area contributed by atoms with Crippen LogP contribution in [0.4, 0.5) is 0 Å². The van der Waals surface area contributed by atoms with Crippen LogP contribution in [0.25, 0.3) is 0 Å². The molecule has 0 bridgehead atoms. The Morgan fingerprint density at radius 2 is 1.80 bits per heavy atom. The highest BCUT2D eigenvalue weighted by molar-refractivity contribution is 7.78. The Balaban J connectivity index is 0.000000336. The molecule has 1 N–H and O–H groups in total. The maximum absolute atomic E-state index is 3.68. The molecule has 0 aliphatic carbocycles. The van der Waals surface area contributed by atoms with Crippen LogP contribution in [0.2, 0.25) is 0 Å². The van der Waals surface area contributed by atoms with Crippen LogP contribution < -0.4 is 10.0 Å². The lowest BCUT2D eigenvalue weighted by atomic mass is 10.2. The van der Waals surface area contributed by atoms with Gasteiger partial charge >= 0.3 is 0 Å². The predicted molar refractivity (Wildman–Crippen MR) is 76.9 cm³/mol. The molecule has 0 aliphatic rings. The fraction of sp³-hybridized carbons (Fsp3) is 0.167. The van der Waals surface area contributed by atoms with Gasteiger partial charge in [-0.15, -0.1) is 22.4 Å². The van der Waals surface area contributed by atoms with Gasteiger partial charge in [-0.3, -0.25) is 4.72 Å². The van der Waals surface area contributed by atoms with Gasteiger partial charge in [0.15, 0.2) is 0 Å². The van der Waals surface area contributed by atoms with E-state index < -0.39 is 0 Å². The zero-order chi connectivity index (χ0) is 11.5. The molecule has 1 aromatic rings. The third-order valence-corrected chi connectivity index (χ3v) is 2.16. The lowest BCUT2D eigenvalue weighted by Crippen LogP contribution is -1.93. The number of thiol groups is 1. The highest BCUT2D eigenvalue weighted by Gasteiger charge is 1.86. The molecule has 0 saturated carbocycles. The van der Waals surface area contributed by atoms with Crippen LogP contribution in [-0.2, 0) is 6.42 Å². The van der Waals surface area contributed by atoms with Crippen LogP contribution in [0.5, 0.6) is 0 Å². The van der Waals surface area contributed by atoms with Gasteiger partial charge in [0.1, 0.15) is 0 Å². The highest BCUT2D eigenvalue weighted by atomic mass is 32.1. The molecule has 1 rings (SSSR count). The fourth-order valence-corrected chi connectivity index (χ4v) is 1.21. The van der Waals surface area contributed by atoms with Gasteiger partial charge in [0, 0.05) is 6.54 Å². The maximum Gasteiger partial charge on any atom is 0.0234 e. The third-order valence-electron chi connectivity index (χ3n) is 1.60. The van der Waals surface area contributed by atoms with Gasteiger partial charge < -0.3 is 0 Å². The van der Waals surface area contributed by atoms with Crippen LogP contribution in [0.1, 0.15) is 5.56 Å². The average Bonchev–Trinajstić information content (AvgIpc) is 2.24. The molecule has 0 heterocycles. The lowest BCUT2D eigenvalue weighted by molar-refractivity contribution is 1.14. The molecule has 3 heteroatoms. The molecular formula is C12H18NPS. The Hall–Kier alpha value is -0.560. The lowest BCUT2D eigenvalue weighted by Gasteiger charge is -1.95. The topological polar surface area (TPSA) is 12.0 Å². The molecule has 0 fully saturated rings. The van der Waals surface area contributed by atoms with Crippen molar-refractivity contribution in [2.75, 3.05) is 6.54 Å². The SMILES string of the molecule is C=CCNS.C=CCc1ccc(P)cc1. The zero-order valence-electron chi connectivity index (χ0n) is 8.82. The third kappa shape index (κ3) is 8.44. The van der Waals surface area contributed by atoms with Crippen molar-refractivity contribution in [3.63, 3.8) is 0 Å². The molecular weight excluding hydrogens is 221 g/mol. The van der Waals surface area contributed by atoms with E-state index in [-0.39, 0.29) is 0 Å². The molecule has 0 radical (unpaired) electrons. The van der Waals surface area contributed by atoms with E-state index in [2.05, 4.69) is 64.2 Å². The minimum atomic E-state index is 0.767. The monoisotopic (exact) mass is 239 g/mol. The second-order valence-corrected chi connectivity index (χ2v) is 3.87. The van der Waals surface area contributed by atoms with Gasteiger partial charge in [-0.2, -0.15) is 0 Å². The van der Waals surface area contributed by atoms with Crippen LogP contribution in [0.15, 0.2) is 49.6 Å². The van der Waals surface area contributed by atoms with Gasteiger partial charge in [0.2, 0.25) is 0 Å². The average molecular weight is 239 g/mol. The summed E-state index contributed by atoms with van der Waals surface area (Å²) >= 11 is 3.68. The minimum absolute atomic E-state index is 0.767. The van der Waals surface area contributed by atoms with Crippen molar-refractivity contribution in [2.24, 2.45) is 0 Å². The quantitative estimate of drug-likeness (QED) is 0.467. The van der Waals surface area contributed by atoms with Gasteiger partial charge in [-0.25, -0.2) is 0 Å². The Kier molecular flexibility index (Phi) is 9.60. The molecule has 0 saturated heterocycles. The molecule has 0 amide bonds. The van der Waals surface area contributed by atoms with Crippen molar-refractivity contribution in [3.05, 3.63) is 55.1 Å². The van der Waals surface area contributed by atoms with Crippen LogP contribution >= 0.6 is 22.1 Å². The summed E-state index contributed by atoms with van der Waals surface area (Å²) in [6.07, 6.45) is 4.62. The van der Waals surface area contributed by atoms with E-state index in [4.69, 9.17) is 0 Å². The molecule has 0 aliphatic heterocycles. The number of benzene rings is 1. The van der Waals surface area contributed by atoms with Crippen molar-refractivity contribution in [3.8, 4) is 0 Å². The Bertz CT molecular complexity index is 282. The molecule has 0 aromatic heterocycles. The van der Waals surface area contributed by atoms with Gasteiger partial charge in [0.05, 0.1) is 0 Å². The summed E-state index contributed by atoms with van der Waals surface area (Å²) < 4.78 is 2.59. The Morgan fingerprint density at radius 1 is 1.20 bits per heavy atom. The van der Waals surface area contributed by atoms with Gasteiger partial charge in [-0.1, -0.05) is 49.2 Å². The highest BCUT2D eigenvalue weighted by Crippen LogP contribution is 1.99. The molecule has 1 unspecified atom stereocenters. The van der Waals surface area contributed by atoms with Crippen molar-refractivity contribution >= 4 is 27.4 Å². The van der Waals surface area contributed by atoms with E-state index in [9.17, 15) is 0 Å². The minimum Gasteiger partial charge on any atom is -0.263 e. The van der Waals surface area contributed by atoms with Crippen LogP contribution in [0.3, 0.4) is 0 Å². The first-order valence-electron chi connectivity index (χ1n) is 4.67. The van der Waals surface area contributed by atoms with Crippen molar-refractivity contribution < 1.29 is 0 Å². The second kappa shape index (κ2) is 9.97. The first kappa shape index (κ1) is 14.4. The number of allylic oxidation sites excluding steroid dienone is 1. The summed E-state index contributed by atoms with van der Waals surface area (Å²) in [6, 6.07) is 8.40. The first-order valence-corrected chi connectivity index (χ1v) is 5.70. The van der Waals surface area contributed by atoms with Crippen molar-refractivity contribution in [1.82, 2.24) is 4.72 Å². The molecule has 0 spiro atoms. The normalized spacial score (nSPS) is 8.67. The standard InChI is InChI=1S/C9H11P.C3H7NS/c1-2-3-8-4-6-9(10)7-5-8;1-2-3-4-5/h2,4-7H,1,3,10H2;2,4-5H,1,3H2. The summed E-state index contributed by atoms with van der Waals surface area (Å²) in [4.78, 5) is 0. The van der Waals surface area contributed by atoms with Crippen LogP contribution in [0, 0.1) is 0 Å². The number of rotatable bonds is 4. The number of nitrogens with one attached hydrogen (secondary N) is 1. The van der Waals surface area contributed by atoms with E-state index in [0.717, 1.165) is 13.0 Å². The number of hydrogen-bond donors (Lipinski definition) is 2. The zero-order valence-corrected chi connectivity index (χ0v) is 10.9. The summed E-state index contributed by atoms with van der Waals surface area (Å²) in [5.74, 6) is 0. The molecule has 15 heavy (non-hydrogen) atoms. The largest absolute Gasteiger partial charge is 0.263 e. The maximum atomic E-state index is 3.68. The molecule has 1 aromatic carbocycles. The first-order chi connectivity index (χ1) is 7.24. The van der Waals surface area contributed by atoms with E-state index >= 15 is 0 Å². The second-order valence-electron chi connectivity index (χ2n) is 2.89. The van der Waals surface area contributed by atoms with Crippen molar-refractivity contribution in [2.45, 2.75) is 6.42 Å². The van der Waals surface area contributed by atoms with E-state index in [0.29, 0.717) is 0 Å². The summed E-state index contributed by atoms with van der Waals surface area (Å²) in [5, 5.41) is 1.23. The van der Waals surface area contributed by atoms with Gasteiger partial charge in [0.25, 0.3) is 0 Å². The number of hydrogen-bond acceptors (Lipinski definition) is 2. The van der Waals surface area contributed by atoms with Crippen molar-refractivity contribution in [1.29, 1.82) is 0 Å². The fourth-order valence-electron chi connectivity index (χ4n) is 0.885. The Labute approximate surface area is 100 Å². The van der Waals surface area contributed by atoms with Gasteiger partial charge in [-0.05, 0) is 17.3 Å². The molecule has 1 atom stereocenters.